The molecule has 0 aromatic rings. The molecular formula is C43H79N9O16. The lowest BCUT2D eigenvalue weighted by Gasteiger charge is -2.35. The Morgan fingerprint density at radius 2 is 0.515 bits per heavy atom. The minimum absolute atomic E-state index is 0.00247. The van der Waals surface area contributed by atoms with Crippen molar-refractivity contribution in [1.29, 1.82) is 0 Å². The molecule has 0 aromatic carbocycles. The molecule has 392 valence electrons. The van der Waals surface area contributed by atoms with Crippen LogP contribution in [0.5, 0.6) is 0 Å². The van der Waals surface area contributed by atoms with Crippen LogP contribution in [0.3, 0.4) is 0 Å². The summed E-state index contributed by atoms with van der Waals surface area (Å²) in [4.78, 5) is 104. The number of methoxy groups -OCH3 is 7. The Morgan fingerprint density at radius 1 is 0.338 bits per heavy atom. The first-order valence-corrected chi connectivity index (χ1v) is 22.9. The summed E-state index contributed by atoms with van der Waals surface area (Å²) in [5.41, 5.74) is 0. The first-order valence-electron chi connectivity index (χ1n) is 22.9. The van der Waals surface area contributed by atoms with Gasteiger partial charge in [-0.25, -0.2) is 0 Å². The molecule has 2 fully saturated rings. The zero-order chi connectivity index (χ0) is 50.4. The van der Waals surface area contributed by atoms with Crippen LogP contribution in [0.25, 0.3) is 0 Å². The fraction of sp³-hybridized carbons (Fsp3) is 0.837. The van der Waals surface area contributed by atoms with Gasteiger partial charge in [0.05, 0.1) is 108 Å². The number of β-amino-alcohol motifs (C(OH)–C–C–N with tert-alkyl or cyclic N) is 2. The van der Waals surface area contributed by atoms with Gasteiger partial charge in [-0.3, -0.25) is 77.7 Å². The molecule has 2 N–H and O–H groups in total. The smallest absolute Gasteiger partial charge is 0.319 e. The van der Waals surface area contributed by atoms with Crippen molar-refractivity contribution >= 4 is 41.8 Å². The molecule has 0 aromatic heterocycles. The number of nitrogens with zero attached hydrogens (tertiary/aromatic N) is 9. The number of hydrogen-bond acceptors (Lipinski definition) is 25. The average molecular weight is 978 g/mol. The third-order valence-corrected chi connectivity index (χ3v) is 11.8. The minimum Gasteiger partial charge on any atom is -0.468 e. The van der Waals surface area contributed by atoms with E-state index in [1.807, 2.05) is 39.2 Å². The number of aliphatic hydroxyl groups is 2. The summed E-state index contributed by atoms with van der Waals surface area (Å²) in [6.45, 7) is 6.48. The molecular weight excluding hydrogens is 899 g/mol. The SMILES string of the molecule is COC(=O)CN1CCN(CC(=O)OC)CCN(CC(O)CN(CC(=O)OC)CC(O)CN2CCN(CC(=O)OC)CCN(CC(=O)OC)CCN(CC(=O)OC)CC2)CCN(CC(=O)OC)CC1. The van der Waals surface area contributed by atoms with E-state index in [0.717, 1.165) is 0 Å². The van der Waals surface area contributed by atoms with Crippen molar-refractivity contribution in [2.45, 2.75) is 12.2 Å². The molecule has 0 spiro atoms. The third-order valence-electron chi connectivity index (χ3n) is 11.8. The number of carbonyl (C=O) groups is 7. The van der Waals surface area contributed by atoms with E-state index in [0.29, 0.717) is 105 Å². The molecule has 2 aliphatic heterocycles. The van der Waals surface area contributed by atoms with E-state index in [9.17, 15) is 43.8 Å². The monoisotopic (exact) mass is 978 g/mol. The van der Waals surface area contributed by atoms with Gasteiger partial charge in [-0.1, -0.05) is 0 Å². The van der Waals surface area contributed by atoms with Crippen molar-refractivity contribution in [3.05, 3.63) is 0 Å². The van der Waals surface area contributed by atoms with E-state index in [1.165, 1.54) is 49.8 Å². The number of carbonyl (C=O) groups excluding carboxylic acids is 7. The first-order chi connectivity index (χ1) is 32.5. The molecule has 25 nitrogen and oxygen atoms in total. The molecule has 2 saturated heterocycles. The van der Waals surface area contributed by atoms with Gasteiger partial charge in [0.15, 0.2) is 0 Å². The Balaban J connectivity index is 2.30. The highest BCUT2D eigenvalue weighted by Crippen LogP contribution is 2.08. The fourth-order valence-electron chi connectivity index (χ4n) is 7.71. The first kappa shape index (κ1) is 60.0. The van der Waals surface area contributed by atoms with Crippen LogP contribution in [0.15, 0.2) is 0 Å². The molecule has 0 amide bonds. The lowest BCUT2D eigenvalue weighted by Crippen LogP contribution is -2.52. The van der Waals surface area contributed by atoms with Crippen molar-refractivity contribution in [1.82, 2.24) is 44.1 Å². The van der Waals surface area contributed by atoms with Crippen LogP contribution < -0.4 is 0 Å². The normalized spacial score (nSPS) is 19.2. The summed E-state index contributed by atoms with van der Waals surface area (Å²) in [7, 11) is 9.12. The predicted octanol–water partition coefficient (Wildman–Crippen LogP) is -5.34. The van der Waals surface area contributed by atoms with Crippen LogP contribution >= 0.6 is 0 Å². The third kappa shape index (κ3) is 26.0. The van der Waals surface area contributed by atoms with Gasteiger partial charge in [0.1, 0.15) is 0 Å². The molecule has 2 unspecified atom stereocenters. The average Bonchev–Trinajstić information content (AvgIpc) is 3.31. The number of rotatable bonds is 22. The van der Waals surface area contributed by atoms with Crippen LogP contribution in [0.1, 0.15) is 0 Å². The lowest BCUT2D eigenvalue weighted by molar-refractivity contribution is -0.144. The van der Waals surface area contributed by atoms with E-state index >= 15 is 0 Å². The predicted molar refractivity (Wildman–Crippen MR) is 244 cm³/mol. The second-order valence-corrected chi connectivity index (χ2v) is 16.8. The molecule has 0 aliphatic carbocycles. The summed E-state index contributed by atoms with van der Waals surface area (Å²) in [6.07, 6.45) is -2.06. The molecule has 68 heavy (non-hydrogen) atoms. The van der Waals surface area contributed by atoms with Gasteiger partial charge in [-0.15, -0.1) is 0 Å². The van der Waals surface area contributed by atoms with E-state index in [1.54, 1.807) is 4.90 Å². The Labute approximate surface area is 400 Å². The van der Waals surface area contributed by atoms with Crippen LogP contribution in [0.4, 0.5) is 0 Å². The Morgan fingerprint density at radius 3 is 0.691 bits per heavy atom. The van der Waals surface area contributed by atoms with Crippen LogP contribution in [-0.2, 0) is 66.7 Å². The molecule has 0 radical (unpaired) electrons. The van der Waals surface area contributed by atoms with Gasteiger partial charge >= 0.3 is 41.8 Å². The summed E-state index contributed by atoms with van der Waals surface area (Å²) in [5, 5.41) is 23.3. The largest absolute Gasteiger partial charge is 0.468 e. The van der Waals surface area contributed by atoms with E-state index in [-0.39, 0.29) is 72.0 Å². The zero-order valence-corrected chi connectivity index (χ0v) is 41.4. The molecule has 0 saturated carbocycles. The Bertz CT molecular complexity index is 1370. The maximum absolute atomic E-state index is 12.7. The maximum atomic E-state index is 12.7. The molecule has 25 heteroatoms. The minimum atomic E-state index is -1.03. The van der Waals surface area contributed by atoms with E-state index in [2.05, 4.69) is 0 Å². The van der Waals surface area contributed by atoms with Crippen LogP contribution in [0.2, 0.25) is 0 Å². The molecule has 2 heterocycles. The summed E-state index contributed by atoms with van der Waals surface area (Å²) < 4.78 is 34.6. The standard InChI is InChI=1S/C43H79N9O16/c1-62-37(55)28-46-12-8-44(9-13-47(29-38(56)63-2)17-21-50(20-16-46)32-41(59)66-5)24-35(53)26-52(34-43(61)68-7)27-36(54)25-45-10-14-48(30-39(57)64-3)18-22-51(33-42(60)67-6)23-19-49(15-11-45)31-40(58)65-4/h35-36,53-54H,8-34H2,1-7H3. The highest BCUT2D eigenvalue weighted by molar-refractivity contribution is 5.73. The number of aliphatic hydroxyl groups excluding tert-OH is 2. The molecule has 2 atom stereocenters. The summed E-state index contributed by atoms with van der Waals surface area (Å²) >= 11 is 0. The fourth-order valence-corrected chi connectivity index (χ4v) is 7.71. The van der Waals surface area contributed by atoms with Crippen molar-refractivity contribution in [2.24, 2.45) is 0 Å². The zero-order valence-electron chi connectivity index (χ0n) is 41.4. The van der Waals surface area contributed by atoms with E-state index in [4.69, 9.17) is 33.2 Å². The van der Waals surface area contributed by atoms with Gasteiger partial charge in [0, 0.05) is 131 Å². The number of esters is 7. The highest BCUT2D eigenvalue weighted by Gasteiger charge is 2.27. The van der Waals surface area contributed by atoms with Crippen molar-refractivity contribution < 1.29 is 76.9 Å². The Kier molecular flexibility index (Phi) is 30.2. The molecule has 2 aliphatic rings. The number of ether oxygens (including phenoxy) is 7. The van der Waals surface area contributed by atoms with Crippen molar-refractivity contribution in [3.63, 3.8) is 0 Å². The van der Waals surface area contributed by atoms with E-state index < -0.39 is 54.0 Å². The highest BCUT2D eigenvalue weighted by atomic mass is 16.5. The lowest BCUT2D eigenvalue weighted by atomic mass is 10.2. The van der Waals surface area contributed by atoms with Gasteiger partial charge in [-0.2, -0.15) is 0 Å². The van der Waals surface area contributed by atoms with Gasteiger partial charge in [-0.05, 0) is 0 Å². The summed E-state index contributed by atoms with van der Waals surface area (Å²) in [6, 6.07) is 0. The summed E-state index contributed by atoms with van der Waals surface area (Å²) in [5.74, 6) is -3.14. The topological polar surface area (TPSA) is 254 Å². The molecule has 0 bridgehead atoms. The van der Waals surface area contributed by atoms with Crippen LogP contribution in [-0.4, -0.2) is 335 Å². The van der Waals surface area contributed by atoms with Crippen molar-refractivity contribution in [2.75, 3.05) is 226 Å². The van der Waals surface area contributed by atoms with Gasteiger partial charge in [0.25, 0.3) is 0 Å². The van der Waals surface area contributed by atoms with Crippen molar-refractivity contribution in [3.8, 4) is 0 Å². The maximum Gasteiger partial charge on any atom is 0.319 e. The number of hydrogen-bond donors (Lipinski definition) is 2. The van der Waals surface area contributed by atoms with Gasteiger partial charge < -0.3 is 43.4 Å². The quantitative estimate of drug-likeness (QED) is 0.0759. The van der Waals surface area contributed by atoms with Crippen LogP contribution in [0, 0.1) is 0 Å². The Hall–Kier alpha value is -4.15. The molecule has 2 rings (SSSR count). The second-order valence-electron chi connectivity index (χ2n) is 16.8. The van der Waals surface area contributed by atoms with Gasteiger partial charge in [0.2, 0.25) is 0 Å². The second kappa shape index (κ2) is 34.2.